The van der Waals surface area contributed by atoms with Crippen molar-refractivity contribution in [3.05, 3.63) is 28.0 Å². The summed E-state index contributed by atoms with van der Waals surface area (Å²) in [6, 6.07) is 3.50. The summed E-state index contributed by atoms with van der Waals surface area (Å²) in [4.78, 5) is 11.7. The van der Waals surface area contributed by atoms with E-state index in [1.165, 1.54) is 11.3 Å². The molecule has 3 nitrogen and oxygen atoms in total. The maximum Gasteiger partial charge on any atom is 0.412 e. The smallest absolute Gasteiger partial charge is 0.412 e. The number of thiophene rings is 1. The average Bonchev–Trinajstić information content (AvgIpc) is 2.66. The van der Waals surface area contributed by atoms with E-state index in [1.54, 1.807) is 39.8 Å². The summed E-state index contributed by atoms with van der Waals surface area (Å²) in [5.41, 5.74) is 0.0133. The van der Waals surface area contributed by atoms with Crippen LogP contribution in [0.5, 0.6) is 0 Å². The number of anilines is 1. The first-order valence-electron chi connectivity index (χ1n) is 6.05. The zero-order valence-electron chi connectivity index (χ0n) is 11.6. The van der Waals surface area contributed by atoms with Crippen molar-refractivity contribution >= 4 is 48.4 Å². The molecular formula is C14H15BrFNO2S. The molecule has 6 heteroatoms. The lowest BCUT2D eigenvalue weighted by molar-refractivity contribution is 0.0636. The van der Waals surface area contributed by atoms with Gasteiger partial charge in [0.25, 0.3) is 0 Å². The van der Waals surface area contributed by atoms with Crippen molar-refractivity contribution in [2.75, 3.05) is 5.32 Å². The summed E-state index contributed by atoms with van der Waals surface area (Å²) in [5, 5.41) is 4.03. The highest BCUT2D eigenvalue weighted by Crippen LogP contribution is 2.37. The molecule has 1 aromatic carbocycles. The summed E-state index contributed by atoms with van der Waals surface area (Å²) >= 11 is 4.63. The van der Waals surface area contributed by atoms with Gasteiger partial charge in [-0.05, 0) is 61.3 Å². The molecule has 1 amide bonds. The first kappa shape index (κ1) is 15.3. The van der Waals surface area contributed by atoms with Crippen molar-refractivity contribution < 1.29 is 13.9 Å². The quantitative estimate of drug-likeness (QED) is 0.734. The topological polar surface area (TPSA) is 38.3 Å². The number of benzene rings is 1. The predicted molar refractivity (Wildman–Crippen MR) is 84.1 cm³/mol. The number of aryl methyl sites for hydroxylation is 1. The molecule has 0 fully saturated rings. The van der Waals surface area contributed by atoms with Gasteiger partial charge < -0.3 is 4.74 Å². The fourth-order valence-electron chi connectivity index (χ4n) is 1.70. The lowest BCUT2D eigenvalue weighted by Crippen LogP contribution is -2.26. The monoisotopic (exact) mass is 359 g/mol. The van der Waals surface area contributed by atoms with Crippen LogP contribution in [0.1, 0.15) is 26.3 Å². The molecule has 0 saturated heterocycles. The van der Waals surface area contributed by atoms with Crippen LogP contribution in [0, 0.1) is 12.7 Å². The van der Waals surface area contributed by atoms with E-state index in [4.69, 9.17) is 4.74 Å². The Morgan fingerprint density at radius 3 is 2.65 bits per heavy atom. The van der Waals surface area contributed by atoms with Gasteiger partial charge in [0.2, 0.25) is 0 Å². The van der Waals surface area contributed by atoms with Crippen LogP contribution in [0.25, 0.3) is 10.1 Å². The van der Waals surface area contributed by atoms with E-state index in [0.29, 0.717) is 15.0 Å². The first-order valence-corrected chi connectivity index (χ1v) is 7.66. The minimum atomic E-state index is -0.552. The molecule has 0 aliphatic carbocycles. The van der Waals surface area contributed by atoms with Crippen molar-refractivity contribution in [3.8, 4) is 0 Å². The number of hydrogen-bond acceptors (Lipinski definition) is 3. The summed E-state index contributed by atoms with van der Waals surface area (Å²) in [7, 11) is 0. The molecule has 0 spiro atoms. The van der Waals surface area contributed by atoms with Gasteiger partial charge in [-0.2, -0.15) is 0 Å². The van der Waals surface area contributed by atoms with Gasteiger partial charge in [-0.3, -0.25) is 5.32 Å². The Bertz CT molecular complexity index is 676. The summed E-state index contributed by atoms with van der Waals surface area (Å²) in [5.74, 6) is -0.279. The zero-order valence-corrected chi connectivity index (χ0v) is 14.0. The first-order chi connectivity index (χ1) is 9.17. The Morgan fingerprint density at radius 1 is 1.40 bits per heavy atom. The number of carbonyl (C=O) groups is 1. The van der Waals surface area contributed by atoms with Crippen LogP contribution in [0.15, 0.2) is 16.6 Å². The highest BCUT2D eigenvalue weighted by molar-refractivity contribution is 9.10. The fourth-order valence-corrected chi connectivity index (χ4v) is 3.53. The molecule has 1 N–H and O–H groups in total. The van der Waals surface area contributed by atoms with Gasteiger partial charge in [0.15, 0.2) is 0 Å². The van der Waals surface area contributed by atoms with Gasteiger partial charge in [-0.1, -0.05) is 0 Å². The highest BCUT2D eigenvalue weighted by Gasteiger charge is 2.18. The normalized spacial score (nSPS) is 11.7. The molecule has 2 aromatic rings. The highest BCUT2D eigenvalue weighted by atomic mass is 79.9. The lowest BCUT2D eigenvalue weighted by atomic mass is 10.2. The molecule has 1 heterocycles. The SMILES string of the molecule is Cc1cc2sc(NC(=O)OC(C)(C)C)cc2c(Br)c1F. The largest absolute Gasteiger partial charge is 0.444 e. The number of ether oxygens (including phenoxy) is 1. The number of halogens is 2. The number of amides is 1. The van der Waals surface area contributed by atoms with Gasteiger partial charge in [0.1, 0.15) is 11.4 Å². The fraction of sp³-hybridized carbons (Fsp3) is 0.357. The molecule has 0 saturated carbocycles. The number of rotatable bonds is 1. The van der Waals surface area contributed by atoms with Crippen molar-refractivity contribution in [3.63, 3.8) is 0 Å². The third-order valence-corrected chi connectivity index (χ3v) is 4.28. The molecule has 108 valence electrons. The standard InChI is InChI=1S/C14H15BrFNO2S/c1-7-5-9-8(11(15)12(7)16)6-10(20-9)17-13(18)19-14(2,3)4/h5-6H,1-4H3,(H,17,18). The van der Waals surface area contributed by atoms with Gasteiger partial charge in [0.05, 0.1) is 9.47 Å². The third kappa shape index (κ3) is 3.30. The minimum absolute atomic E-state index is 0.279. The Kier molecular flexibility index (Phi) is 4.07. The second-order valence-corrected chi connectivity index (χ2v) is 7.35. The molecule has 0 unspecified atom stereocenters. The van der Waals surface area contributed by atoms with E-state index >= 15 is 0 Å². The summed E-state index contributed by atoms with van der Waals surface area (Å²) in [6.07, 6.45) is -0.516. The lowest BCUT2D eigenvalue weighted by Gasteiger charge is -2.19. The summed E-state index contributed by atoms with van der Waals surface area (Å²) < 4.78 is 20.3. The van der Waals surface area contributed by atoms with E-state index in [9.17, 15) is 9.18 Å². The Morgan fingerprint density at radius 2 is 2.05 bits per heavy atom. The van der Waals surface area contributed by atoms with Crippen LogP contribution in [0.2, 0.25) is 0 Å². The van der Waals surface area contributed by atoms with Gasteiger partial charge in [-0.15, -0.1) is 11.3 Å². The van der Waals surface area contributed by atoms with Crippen molar-refractivity contribution in [2.45, 2.75) is 33.3 Å². The maximum absolute atomic E-state index is 13.8. The van der Waals surface area contributed by atoms with Crippen molar-refractivity contribution in [2.24, 2.45) is 0 Å². The molecule has 2 rings (SSSR count). The van der Waals surface area contributed by atoms with Crippen LogP contribution < -0.4 is 5.32 Å². The third-order valence-electron chi connectivity index (χ3n) is 2.51. The van der Waals surface area contributed by atoms with E-state index in [0.717, 1.165) is 10.1 Å². The molecule has 0 aliphatic rings. The zero-order chi connectivity index (χ0) is 15.1. The number of hydrogen-bond donors (Lipinski definition) is 1. The minimum Gasteiger partial charge on any atom is -0.444 e. The van der Waals surface area contributed by atoms with Gasteiger partial charge in [-0.25, -0.2) is 9.18 Å². The number of nitrogens with one attached hydrogen (secondary N) is 1. The predicted octanol–water partition coefficient (Wildman–Crippen LogP) is 5.46. The van der Waals surface area contributed by atoms with Crippen molar-refractivity contribution in [1.82, 2.24) is 0 Å². The van der Waals surface area contributed by atoms with E-state index in [1.807, 2.05) is 0 Å². The Balaban J connectivity index is 2.29. The van der Waals surface area contributed by atoms with Crippen molar-refractivity contribution in [1.29, 1.82) is 0 Å². The molecule has 0 atom stereocenters. The Labute approximate surface area is 129 Å². The second kappa shape index (κ2) is 5.33. The van der Waals surface area contributed by atoms with Crippen LogP contribution in [-0.2, 0) is 4.74 Å². The maximum atomic E-state index is 13.8. The van der Waals surface area contributed by atoms with Crippen LogP contribution >= 0.6 is 27.3 Å². The van der Waals surface area contributed by atoms with Crippen LogP contribution in [0.4, 0.5) is 14.2 Å². The molecule has 0 radical (unpaired) electrons. The molecular weight excluding hydrogens is 345 g/mol. The Hall–Kier alpha value is -1.14. The molecule has 0 bridgehead atoms. The number of fused-ring (bicyclic) bond motifs is 1. The second-order valence-electron chi connectivity index (χ2n) is 5.47. The van der Waals surface area contributed by atoms with E-state index in [2.05, 4.69) is 21.2 Å². The van der Waals surface area contributed by atoms with Gasteiger partial charge >= 0.3 is 6.09 Å². The van der Waals surface area contributed by atoms with Gasteiger partial charge in [0, 0.05) is 10.1 Å². The number of carbonyl (C=O) groups excluding carboxylic acids is 1. The molecule has 1 aromatic heterocycles. The average molecular weight is 360 g/mol. The molecule has 20 heavy (non-hydrogen) atoms. The van der Waals surface area contributed by atoms with Crippen LogP contribution in [-0.4, -0.2) is 11.7 Å². The van der Waals surface area contributed by atoms with E-state index < -0.39 is 11.7 Å². The summed E-state index contributed by atoms with van der Waals surface area (Å²) in [6.45, 7) is 7.10. The molecule has 0 aliphatic heterocycles. The van der Waals surface area contributed by atoms with Crippen LogP contribution in [0.3, 0.4) is 0 Å². The van der Waals surface area contributed by atoms with E-state index in [-0.39, 0.29) is 5.82 Å².